The summed E-state index contributed by atoms with van der Waals surface area (Å²) in [5.41, 5.74) is 9.75. The summed E-state index contributed by atoms with van der Waals surface area (Å²) in [5, 5.41) is 0. The maximum atomic E-state index is 8.49. The summed E-state index contributed by atoms with van der Waals surface area (Å²) in [6.07, 6.45) is 12.7. The van der Waals surface area contributed by atoms with Crippen molar-refractivity contribution in [2.24, 2.45) is 7.05 Å². The Hall–Kier alpha value is -3.87. The van der Waals surface area contributed by atoms with Gasteiger partial charge in [0.05, 0.1) is 13.1 Å². The third kappa shape index (κ3) is 18.0. The van der Waals surface area contributed by atoms with Crippen molar-refractivity contribution in [3.8, 4) is 0 Å². The molecule has 0 aliphatic rings. The van der Waals surface area contributed by atoms with Gasteiger partial charge in [0, 0.05) is 94.9 Å². The molecular weight excluding hydrogens is 867 g/mol. The number of halogens is 2. The fraction of sp³-hybridized carbons (Fsp3) is 0.231. The van der Waals surface area contributed by atoms with E-state index in [2.05, 4.69) is 158 Å². The molecule has 15 nitrogen and oxygen atoms in total. The number of benzene rings is 3. The SMILES string of the molecule is CCn1c(C=Cc2ccc(N(C)C)cc2)[n+](CC)c2nc3ccccc3nc21.CN(C)c1ccc(C=Cc2cc[n+](C)cc2)cc1.[O-][Cl+3]([O-])([O-])[O-].[O-][Cl+3]([O-])([O-])[O-].[V].[V]. The average Bonchev–Trinajstić information content (AvgIpc) is 3.43. The normalized spacial score (nSPS) is 11.1. The van der Waals surface area contributed by atoms with Gasteiger partial charge in [-0.25, -0.2) is 56.0 Å². The number of nitrogens with zero attached hydrogens (tertiary/aromatic N) is 7. The molecular formula is C39H45Cl2N7O8V2. The van der Waals surface area contributed by atoms with Gasteiger partial charge in [0.1, 0.15) is 12.6 Å². The van der Waals surface area contributed by atoms with E-state index in [1.54, 1.807) is 0 Å². The van der Waals surface area contributed by atoms with E-state index in [9.17, 15) is 0 Å². The summed E-state index contributed by atoms with van der Waals surface area (Å²) in [4.78, 5) is 14.0. The Morgan fingerprint density at radius 2 is 0.966 bits per heavy atom. The van der Waals surface area contributed by atoms with Crippen LogP contribution in [0, 0.1) is 20.5 Å². The minimum Gasteiger partial charge on any atom is -0.378 e. The van der Waals surface area contributed by atoms with Crippen molar-refractivity contribution < 1.29 is 104 Å². The Labute approximate surface area is 366 Å². The Morgan fingerprint density at radius 3 is 1.34 bits per heavy atom. The fourth-order valence-corrected chi connectivity index (χ4v) is 5.26. The Kier molecular flexibility index (Phi) is 21.8. The van der Waals surface area contributed by atoms with Gasteiger partial charge in [0.2, 0.25) is 5.82 Å². The van der Waals surface area contributed by atoms with Gasteiger partial charge in [0.25, 0.3) is 5.65 Å². The van der Waals surface area contributed by atoms with Crippen LogP contribution in [0.4, 0.5) is 11.4 Å². The maximum absolute atomic E-state index is 8.49. The second kappa shape index (κ2) is 24.3. The smallest absolute Gasteiger partial charge is 0.323 e. The first-order valence-corrected chi connectivity index (χ1v) is 19.5. The number of imidazole rings is 1. The van der Waals surface area contributed by atoms with Gasteiger partial charge >= 0.3 is 5.65 Å². The predicted octanol–water partition coefficient (Wildman–Crippen LogP) is -2.62. The van der Waals surface area contributed by atoms with Crippen molar-refractivity contribution in [3.05, 3.63) is 120 Å². The zero-order valence-electron chi connectivity index (χ0n) is 33.0. The molecule has 0 saturated heterocycles. The molecule has 3 aromatic carbocycles. The van der Waals surface area contributed by atoms with E-state index in [-0.39, 0.29) is 37.1 Å². The molecule has 3 heterocycles. The number of aryl methyl sites for hydroxylation is 3. The Balaban J connectivity index is 0.000000481. The molecule has 6 aromatic rings. The molecule has 3 aromatic heterocycles. The Bertz CT molecular complexity index is 2110. The van der Waals surface area contributed by atoms with Crippen LogP contribution in [-0.2, 0) is 57.2 Å². The summed E-state index contributed by atoms with van der Waals surface area (Å²) in [6.45, 7) is 5.99. The fourth-order valence-electron chi connectivity index (χ4n) is 5.26. The van der Waals surface area contributed by atoms with E-state index < -0.39 is 20.5 Å². The quantitative estimate of drug-likeness (QED) is 0.143. The summed E-state index contributed by atoms with van der Waals surface area (Å²) in [7, 11) is 0.342. The molecule has 0 N–H and O–H groups in total. The van der Waals surface area contributed by atoms with Crippen LogP contribution in [0.5, 0.6) is 0 Å². The molecule has 0 unspecified atom stereocenters. The molecule has 19 heteroatoms. The van der Waals surface area contributed by atoms with Crippen molar-refractivity contribution in [1.82, 2.24) is 14.5 Å². The Morgan fingerprint density at radius 1 is 0.586 bits per heavy atom. The maximum Gasteiger partial charge on any atom is 0.323 e. The van der Waals surface area contributed by atoms with Crippen LogP contribution in [0.15, 0.2) is 97.3 Å². The molecule has 0 spiro atoms. The summed E-state index contributed by atoms with van der Waals surface area (Å²) < 4.78 is 74.5. The second-order valence-electron chi connectivity index (χ2n) is 12.4. The van der Waals surface area contributed by atoms with Crippen LogP contribution in [0.3, 0.4) is 0 Å². The predicted molar refractivity (Wildman–Crippen MR) is 194 cm³/mol. The first-order valence-electron chi connectivity index (χ1n) is 17.1. The molecule has 0 amide bonds. The van der Waals surface area contributed by atoms with E-state index in [1.807, 2.05) is 35.9 Å². The third-order valence-corrected chi connectivity index (χ3v) is 7.95. The van der Waals surface area contributed by atoms with Gasteiger partial charge in [-0.1, -0.05) is 53.5 Å². The first kappa shape index (κ1) is 52.1. The summed E-state index contributed by atoms with van der Waals surface area (Å²) in [5.74, 6) is 1.12. The van der Waals surface area contributed by atoms with Crippen LogP contribution >= 0.6 is 0 Å². The molecule has 0 atom stereocenters. The minimum absolute atomic E-state index is 0. The van der Waals surface area contributed by atoms with Crippen molar-refractivity contribution in [2.75, 3.05) is 38.0 Å². The van der Waals surface area contributed by atoms with Gasteiger partial charge in [-0.3, -0.25) is 0 Å². The van der Waals surface area contributed by atoms with Crippen LogP contribution in [0.25, 0.3) is 46.6 Å². The van der Waals surface area contributed by atoms with Crippen LogP contribution in [0.1, 0.15) is 36.4 Å². The molecule has 0 saturated carbocycles. The van der Waals surface area contributed by atoms with Gasteiger partial charge in [0.15, 0.2) is 17.9 Å². The standard InChI is InChI=1S/C23H26N5.C16H19N2.2ClHO4.2V/c1-5-27-21(16-13-17-11-14-18(15-12-17)26(3)4)28(6-2)23-22(27)24-19-9-7-8-10-20(19)25-23;1-17(2)16-8-6-14(7-9-16)4-5-15-10-12-18(3)13-11-15;2*2-1(3,4)5;;/h7-16H,5-6H2,1-4H3;4-13H,1-3H3;2*(H,2,3,4,5);;/q2*+1;;;;/p-2. The number of fused-ring (bicyclic) bond motifs is 2. The summed E-state index contributed by atoms with van der Waals surface area (Å²) in [6, 6.07) is 29.4. The van der Waals surface area contributed by atoms with Gasteiger partial charge < -0.3 is 9.80 Å². The minimum atomic E-state index is -4.94. The number of pyridine rings is 1. The van der Waals surface area contributed by atoms with Gasteiger partial charge in [-0.15, -0.1) is 20.5 Å². The zero-order valence-corrected chi connectivity index (χ0v) is 37.3. The number of anilines is 2. The van der Waals surface area contributed by atoms with Crippen molar-refractivity contribution in [3.63, 3.8) is 0 Å². The van der Waals surface area contributed by atoms with E-state index in [4.69, 9.17) is 47.2 Å². The van der Waals surface area contributed by atoms with Crippen LogP contribution in [0.2, 0.25) is 0 Å². The molecule has 308 valence electrons. The van der Waals surface area contributed by atoms with Crippen molar-refractivity contribution in [1.29, 1.82) is 0 Å². The van der Waals surface area contributed by atoms with Crippen LogP contribution in [-0.4, -0.2) is 42.7 Å². The second-order valence-corrected chi connectivity index (χ2v) is 13.9. The largest absolute Gasteiger partial charge is 0.378 e. The average molecular weight is 913 g/mol. The molecule has 0 fully saturated rings. The molecule has 2 radical (unpaired) electrons. The molecule has 0 aliphatic carbocycles. The molecule has 58 heavy (non-hydrogen) atoms. The third-order valence-electron chi connectivity index (χ3n) is 7.95. The zero-order chi connectivity index (χ0) is 41.6. The first-order chi connectivity index (χ1) is 26.3. The van der Waals surface area contributed by atoms with Gasteiger partial charge in [-0.05, 0) is 73.0 Å². The van der Waals surface area contributed by atoms with E-state index in [0.717, 1.165) is 41.2 Å². The van der Waals surface area contributed by atoms with Crippen molar-refractivity contribution in [2.45, 2.75) is 26.9 Å². The number of hydrogen-bond acceptors (Lipinski definition) is 12. The monoisotopic (exact) mass is 911 g/mol. The van der Waals surface area contributed by atoms with Gasteiger partial charge in [-0.2, -0.15) is 0 Å². The van der Waals surface area contributed by atoms with Crippen LogP contribution < -0.4 is 56.2 Å². The number of rotatable bonds is 8. The van der Waals surface area contributed by atoms with Crippen molar-refractivity contribution >= 4 is 58.0 Å². The summed E-state index contributed by atoms with van der Waals surface area (Å²) >= 11 is 0. The van der Waals surface area contributed by atoms with E-state index in [1.165, 1.54) is 28.1 Å². The van der Waals surface area contributed by atoms with E-state index >= 15 is 0 Å². The topological polar surface area (TPSA) is 229 Å². The molecule has 0 aliphatic heterocycles. The molecule has 6 rings (SSSR count). The number of aromatic nitrogens is 5. The molecule has 0 bridgehead atoms. The number of hydrogen-bond donors (Lipinski definition) is 0. The number of para-hydroxylation sites is 2. The van der Waals surface area contributed by atoms with E-state index in [0.29, 0.717) is 0 Å².